The molecule has 0 saturated carbocycles. The van der Waals surface area contributed by atoms with Gasteiger partial charge in [-0.1, -0.05) is 0 Å². The number of ether oxygens (including phenoxy) is 1. The summed E-state index contributed by atoms with van der Waals surface area (Å²) in [4.78, 5) is 14.7. The minimum atomic E-state index is 0.130. The van der Waals surface area contributed by atoms with Crippen LogP contribution in [0, 0.1) is 5.92 Å². The van der Waals surface area contributed by atoms with Crippen LogP contribution < -0.4 is 0 Å². The van der Waals surface area contributed by atoms with Crippen LogP contribution in [0.3, 0.4) is 0 Å². The van der Waals surface area contributed by atoms with E-state index in [2.05, 4.69) is 29.8 Å². The van der Waals surface area contributed by atoms with Crippen molar-refractivity contribution in [3.8, 4) is 0 Å². The monoisotopic (exact) mass is 342 g/mol. The van der Waals surface area contributed by atoms with Crippen molar-refractivity contribution in [1.82, 2.24) is 9.47 Å². The Labute approximate surface area is 129 Å². The molecule has 0 bridgehead atoms. The Hall–Kier alpha value is -0.810. The van der Waals surface area contributed by atoms with Gasteiger partial charge >= 0.3 is 0 Å². The highest BCUT2D eigenvalue weighted by atomic mass is 79.9. The molecule has 0 aromatic carbocycles. The van der Waals surface area contributed by atoms with Crippen molar-refractivity contribution < 1.29 is 9.53 Å². The maximum absolute atomic E-state index is 12.7. The molecule has 0 radical (unpaired) electrons. The summed E-state index contributed by atoms with van der Waals surface area (Å²) < 4.78 is 8.22. The number of rotatable bonds is 4. The number of carbonyl (C=O) groups excluding carboxylic acids is 1. The van der Waals surface area contributed by atoms with Crippen molar-refractivity contribution in [2.75, 3.05) is 26.8 Å². The van der Waals surface area contributed by atoms with Gasteiger partial charge < -0.3 is 14.2 Å². The van der Waals surface area contributed by atoms with Crippen LogP contribution in [-0.4, -0.2) is 42.2 Å². The predicted octanol–water partition coefficient (Wildman–Crippen LogP) is 3.33. The van der Waals surface area contributed by atoms with Crippen LogP contribution in [0.4, 0.5) is 0 Å². The number of piperidine rings is 1. The van der Waals surface area contributed by atoms with Crippen LogP contribution >= 0.6 is 15.9 Å². The molecular formula is C15H23BrN2O2. The summed E-state index contributed by atoms with van der Waals surface area (Å²) in [5, 5.41) is 0. The standard InChI is InChI=1S/C15H23BrN2O2/c1-11(2)18-9-13(16)7-14(18)15(19)17-6-4-5-12(8-17)10-20-3/h7,9,11-12H,4-6,8,10H2,1-3H3/t12-/m0/s1. The summed E-state index contributed by atoms with van der Waals surface area (Å²) >= 11 is 3.47. The van der Waals surface area contributed by atoms with Crippen molar-refractivity contribution in [3.63, 3.8) is 0 Å². The second-order valence-corrected chi connectivity index (χ2v) is 6.68. The molecule has 1 aromatic rings. The number of methoxy groups -OCH3 is 1. The lowest BCUT2D eigenvalue weighted by Gasteiger charge is -2.32. The van der Waals surface area contributed by atoms with Crippen LogP contribution in [0.25, 0.3) is 0 Å². The lowest BCUT2D eigenvalue weighted by Crippen LogP contribution is -2.41. The first kappa shape index (κ1) is 15.6. The Morgan fingerprint density at radius 1 is 1.55 bits per heavy atom. The van der Waals surface area contributed by atoms with Crippen LogP contribution in [0.2, 0.25) is 0 Å². The lowest BCUT2D eigenvalue weighted by molar-refractivity contribution is 0.0560. The number of carbonyl (C=O) groups is 1. The molecule has 0 aliphatic carbocycles. The molecule has 5 heteroatoms. The minimum absolute atomic E-state index is 0.130. The molecule has 1 fully saturated rings. The van der Waals surface area contributed by atoms with Crippen LogP contribution in [0.1, 0.15) is 43.2 Å². The Balaban J connectivity index is 2.14. The molecule has 2 heterocycles. The van der Waals surface area contributed by atoms with Crippen LogP contribution in [0.15, 0.2) is 16.7 Å². The van der Waals surface area contributed by atoms with Gasteiger partial charge in [0.05, 0.1) is 6.61 Å². The molecule has 0 spiro atoms. The van der Waals surface area contributed by atoms with Gasteiger partial charge in [0, 0.05) is 36.9 Å². The average molecular weight is 343 g/mol. The summed E-state index contributed by atoms with van der Waals surface area (Å²) in [6.45, 7) is 6.56. The van der Waals surface area contributed by atoms with Gasteiger partial charge in [0.1, 0.15) is 5.69 Å². The SMILES string of the molecule is COC[C@H]1CCCN(C(=O)c2cc(Br)cn2C(C)C)C1. The summed E-state index contributed by atoms with van der Waals surface area (Å²) in [5.74, 6) is 0.591. The van der Waals surface area contributed by atoms with Crippen molar-refractivity contribution in [3.05, 3.63) is 22.4 Å². The first-order chi connectivity index (χ1) is 9.52. The third-order valence-electron chi connectivity index (χ3n) is 3.80. The summed E-state index contributed by atoms with van der Waals surface area (Å²) in [6, 6.07) is 2.20. The van der Waals surface area contributed by atoms with Crippen molar-refractivity contribution in [2.24, 2.45) is 5.92 Å². The quantitative estimate of drug-likeness (QED) is 0.840. The number of amides is 1. The van der Waals surface area contributed by atoms with E-state index < -0.39 is 0 Å². The van der Waals surface area contributed by atoms with E-state index in [1.54, 1.807) is 7.11 Å². The molecule has 20 heavy (non-hydrogen) atoms. The first-order valence-electron chi connectivity index (χ1n) is 7.18. The molecule has 1 aliphatic heterocycles. The molecule has 1 atom stereocenters. The number of nitrogens with zero attached hydrogens (tertiary/aromatic N) is 2. The Bertz CT molecular complexity index is 468. The normalized spacial score (nSPS) is 19.6. The minimum Gasteiger partial charge on any atom is -0.384 e. The maximum Gasteiger partial charge on any atom is 0.270 e. The van der Waals surface area contributed by atoms with Gasteiger partial charge in [-0.15, -0.1) is 0 Å². The van der Waals surface area contributed by atoms with Gasteiger partial charge in [-0.2, -0.15) is 0 Å². The molecule has 112 valence electrons. The Kier molecular flexibility index (Phi) is 5.27. The fourth-order valence-corrected chi connectivity index (χ4v) is 3.26. The maximum atomic E-state index is 12.7. The van der Waals surface area contributed by atoms with Crippen molar-refractivity contribution in [2.45, 2.75) is 32.7 Å². The summed E-state index contributed by atoms with van der Waals surface area (Å²) in [5.41, 5.74) is 0.768. The van der Waals surface area contributed by atoms with Crippen LogP contribution in [-0.2, 0) is 4.74 Å². The van der Waals surface area contributed by atoms with Gasteiger partial charge in [-0.25, -0.2) is 0 Å². The molecule has 1 amide bonds. The number of halogens is 1. The van der Waals surface area contributed by atoms with E-state index >= 15 is 0 Å². The summed E-state index contributed by atoms with van der Waals surface area (Å²) in [7, 11) is 1.72. The molecule has 1 aliphatic rings. The molecule has 4 nitrogen and oxygen atoms in total. The highest BCUT2D eigenvalue weighted by Crippen LogP contribution is 2.23. The number of likely N-dealkylation sites (tertiary alicyclic amines) is 1. The van der Waals surface area contributed by atoms with Gasteiger partial charge in [-0.05, 0) is 54.6 Å². The largest absolute Gasteiger partial charge is 0.384 e. The molecule has 0 unspecified atom stereocenters. The second-order valence-electron chi connectivity index (χ2n) is 5.76. The van der Waals surface area contributed by atoms with Crippen LogP contribution in [0.5, 0.6) is 0 Å². The molecule has 1 aromatic heterocycles. The van der Waals surface area contributed by atoms with Crippen molar-refractivity contribution in [1.29, 1.82) is 0 Å². The zero-order valence-corrected chi connectivity index (χ0v) is 14.0. The average Bonchev–Trinajstić information content (AvgIpc) is 2.81. The highest BCUT2D eigenvalue weighted by molar-refractivity contribution is 9.10. The smallest absolute Gasteiger partial charge is 0.270 e. The number of hydrogen-bond donors (Lipinski definition) is 0. The predicted molar refractivity (Wildman–Crippen MR) is 83.0 cm³/mol. The van der Waals surface area contributed by atoms with E-state index in [1.807, 2.05) is 21.7 Å². The number of aromatic nitrogens is 1. The van der Waals surface area contributed by atoms with Gasteiger partial charge in [0.2, 0.25) is 0 Å². The summed E-state index contributed by atoms with van der Waals surface area (Å²) in [6.07, 6.45) is 4.18. The molecule has 1 saturated heterocycles. The van der Waals surface area contributed by atoms with E-state index in [1.165, 1.54) is 0 Å². The zero-order valence-electron chi connectivity index (χ0n) is 12.4. The first-order valence-corrected chi connectivity index (χ1v) is 7.97. The second kappa shape index (κ2) is 6.76. The van der Waals surface area contributed by atoms with E-state index in [0.717, 1.165) is 42.7 Å². The fraction of sp³-hybridized carbons (Fsp3) is 0.667. The Morgan fingerprint density at radius 2 is 2.30 bits per heavy atom. The van der Waals surface area contributed by atoms with E-state index in [4.69, 9.17) is 4.74 Å². The third-order valence-corrected chi connectivity index (χ3v) is 4.23. The van der Waals surface area contributed by atoms with Gasteiger partial charge in [0.25, 0.3) is 5.91 Å². The zero-order chi connectivity index (χ0) is 14.7. The molecule has 2 rings (SSSR count). The highest BCUT2D eigenvalue weighted by Gasteiger charge is 2.26. The topological polar surface area (TPSA) is 34.5 Å². The van der Waals surface area contributed by atoms with Crippen molar-refractivity contribution >= 4 is 21.8 Å². The fourth-order valence-electron chi connectivity index (χ4n) is 2.83. The third kappa shape index (κ3) is 3.44. The van der Waals surface area contributed by atoms with E-state index in [9.17, 15) is 4.79 Å². The Morgan fingerprint density at radius 3 is 2.95 bits per heavy atom. The van der Waals surface area contributed by atoms with E-state index in [-0.39, 0.29) is 11.9 Å². The number of hydrogen-bond acceptors (Lipinski definition) is 2. The lowest BCUT2D eigenvalue weighted by atomic mass is 9.99. The molecular weight excluding hydrogens is 320 g/mol. The van der Waals surface area contributed by atoms with E-state index in [0.29, 0.717) is 5.92 Å². The van der Waals surface area contributed by atoms with Gasteiger partial charge in [-0.3, -0.25) is 4.79 Å². The van der Waals surface area contributed by atoms with Gasteiger partial charge in [0.15, 0.2) is 0 Å². The molecule has 0 N–H and O–H groups in total.